The molecule has 0 N–H and O–H groups in total. The Balaban J connectivity index is 4.12. The van der Waals surface area contributed by atoms with E-state index in [4.69, 9.17) is 4.74 Å². The largest absolute Gasteiger partial charge is 0.450 e. The third kappa shape index (κ3) is 2.78. The van der Waals surface area contributed by atoms with Crippen molar-refractivity contribution in [2.45, 2.75) is 20.8 Å². The van der Waals surface area contributed by atoms with Crippen LogP contribution in [0.1, 0.15) is 20.8 Å². The van der Waals surface area contributed by atoms with Crippen LogP contribution in [-0.2, 0) is 4.74 Å². The highest BCUT2D eigenvalue weighted by atomic mass is 31.2. The van der Waals surface area contributed by atoms with Crippen LogP contribution in [0.15, 0.2) is 0 Å². The summed E-state index contributed by atoms with van der Waals surface area (Å²) in [5.41, 5.74) is 0.0463. The summed E-state index contributed by atoms with van der Waals surface area (Å²) in [5, 5.41) is 0. The first-order chi connectivity index (χ1) is 5.10. The van der Waals surface area contributed by atoms with Crippen molar-refractivity contribution in [2.75, 3.05) is 25.6 Å². The van der Waals surface area contributed by atoms with Crippen molar-refractivity contribution in [3.63, 3.8) is 0 Å². The highest BCUT2D eigenvalue weighted by Gasteiger charge is 2.39. The van der Waals surface area contributed by atoms with E-state index < -0.39 is 7.26 Å². The molecule has 0 aromatic heterocycles. The van der Waals surface area contributed by atoms with Gasteiger partial charge in [-0.2, -0.15) is 0 Å². The molecular weight excluding hydrogens is 159 g/mol. The molecule has 0 bridgehead atoms. The van der Waals surface area contributed by atoms with Gasteiger partial charge in [0.25, 0.3) is 0 Å². The van der Waals surface area contributed by atoms with E-state index in [9.17, 15) is 4.79 Å². The van der Waals surface area contributed by atoms with Crippen LogP contribution in [0.4, 0.5) is 4.79 Å². The number of carbonyl (C=O) groups excluding carboxylic acids is 1. The molecule has 0 atom stereocenters. The molecule has 0 aliphatic carbocycles. The summed E-state index contributed by atoms with van der Waals surface area (Å²) >= 11 is 0. The van der Waals surface area contributed by atoms with Crippen LogP contribution in [0.2, 0.25) is 0 Å². The van der Waals surface area contributed by atoms with Crippen molar-refractivity contribution in [2.24, 2.45) is 0 Å². The first-order valence-corrected chi connectivity index (χ1v) is 6.73. The quantitative estimate of drug-likeness (QED) is 0.617. The Kier molecular flexibility index (Phi) is 4.67. The van der Waals surface area contributed by atoms with Gasteiger partial charge in [0.1, 0.15) is 7.26 Å². The summed E-state index contributed by atoms with van der Waals surface area (Å²) in [6, 6.07) is 0. The molecule has 3 heteroatoms. The molecule has 0 aromatic carbocycles. The molecule has 0 unspecified atom stereocenters. The van der Waals surface area contributed by atoms with Crippen LogP contribution >= 0.6 is 7.26 Å². The van der Waals surface area contributed by atoms with E-state index in [1.54, 1.807) is 0 Å². The molecule has 0 heterocycles. The van der Waals surface area contributed by atoms with Crippen LogP contribution in [0.3, 0.4) is 0 Å². The zero-order valence-electron chi connectivity index (χ0n) is 7.89. The molecule has 2 nitrogen and oxygen atoms in total. The average Bonchev–Trinajstić information content (AvgIpc) is 2.03. The van der Waals surface area contributed by atoms with Crippen molar-refractivity contribution in [3.8, 4) is 0 Å². The maximum Gasteiger partial charge on any atom is 0.450 e. The number of carbonyl (C=O) groups is 1. The van der Waals surface area contributed by atoms with Crippen LogP contribution in [0.25, 0.3) is 0 Å². The molecule has 0 fully saturated rings. The lowest BCUT2D eigenvalue weighted by Crippen LogP contribution is -2.11. The predicted octanol–water partition coefficient (Wildman–Crippen LogP) is 2.83. The van der Waals surface area contributed by atoms with Crippen LogP contribution in [-0.4, -0.2) is 31.3 Å². The molecule has 0 aliphatic rings. The smallest absolute Gasteiger partial charge is 0.437 e. The van der Waals surface area contributed by atoms with Crippen molar-refractivity contribution in [1.82, 2.24) is 0 Å². The Labute approximate surface area is 69.7 Å². The zero-order valence-corrected chi connectivity index (χ0v) is 8.78. The van der Waals surface area contributed by atoms with Crippen LogP contribution in [0, 0.1) is 0 Å². The van der Waals surface area contributed by atoms with E-state index in [-0.39, 0.29) is 5.71 Å². The topological polar surface area (TPSA) is 26.3 Å². The van der Waals surface area contributed by atoms with E-state index in [0.29, 0.717) is 6.61 Å². The average molecular weight is 177 g/mol. The lowest BCUT2D eigenvalue weighted by atomic mass is 10.9. The van der Waals surface area contributed by atoms with Gasteiger partial charge in [-0.1, -0.05) is 0 Å². The van der Waals surface area contributed by atoms with Gasteiger partial charge in [-0.05, 0) is 20.8 Å². The third-order valence-electron chi connectivity index (χ3n) is 2.10. The maximum atomic E-state index is 11.4. The number of hydrogen-bond donors (Lipinski definition) is 0. The van der Waals surface area contributed by atoms with Crippen molar-refractivity contribution in [1.29, 1.82) is 0 Å². The maximum absolute atomic E-state index is 11.4. The number of rotatable bonds is 4. The fourth-order valence-electron chi connectivity index (χ4n) is 0.761. The fourth-order valence-corrected chi connectivity index (χ4v) is 2.17. The van der Waals surface area contributed by atoms with Gasteiger partial charge < -0.3 is 4.74 Å². The van der Waals surface area contributed by atoms with Crippen LogP contribution < -0.4 is 0 Å². The Hall–Kier alpha value is -0.100. The molecule has 0 spiro atoms. The van der Waals surface area contributed by atoms with Crippen LogP contribution in [0.5, 0.6) is 0 Å². The van der Waals surface area contributed by atoms with Gasteiger partial charge in [-0.15, -0.1) is 0 Å². The second-order valence-corrected chi connectivity index (χ2v) is 7.15. The minimum Gasteiger partial charge on any atom is -0.437 e. The summed E-state index contributed by atoms with van der Waals surface area (Å²) in [5.74, 6) is 0. The van der Waals surface area contributed by atoms with Gasteiger partial charge >= 0.3 is 5.71 Å². The highest BCUT2D eigenvalue weighted by molar-refractivity contribution is 7.89. The minimum atomic E-state index is -1.40. The summed E-state index contributed by atoms with van der Waals surface area (Å²) in [7, 11) is -1.40. The Morgan fingerprint density at radius 3 is 2.00 bits per heavy atom. The molecule has 0 amide bonds. The van der Waals surface area contributed by atoms with E-state index in [1.165, 1.54) is 0 Å². The molecule has 0 saturated carbocycles. The standard InChI is InChI=1S/C8H18O2P/c1-5-10-8(9)11(4,6-2)7-3/h5-7H2,1-4H3/q+1. The molecule has 11 heavy (non-hydrogen) atoms. The first-order valence-electron chi connectivity index (χ1n) is 4.12. The number of ether oxygens (including phenoxy) is 1. The monoisotopic (exact) mass is 177 g/mol. The Morgan fingerprint density at radius 2 is 1.73 bits per heavy atom. The van der Waals surface area contributed by atoms with E-state index in [2.05, 4.69) is 20.5 Å². The van der Waals surface area contributed by atoms with Gasteiger partial charge in [0.05, 0.1) is 25.6 Å². The first kappa shape index (κ1) is 10.9. The summed E-state index contributed by atoms with van der Waals surface area (Å²) in [6.45, 7) is 8.55. The number of hydrogen-bond acceptors (Lipinski definition) is 2. The van der Waals surface area contributed by atoms with Crippen molar-refractivity contribution >= 4 is 13.0 Å². The summed E-state index contributed by atoms with van der Waals surface area (Å²) in [4.78, 5) is 11.4. The van der Waals surface area contributed by atoms with Crippen molar-refractivity contribution < 1.29 is 9.53 Å². The van der Waals surface area contributed by atoms with Gasteiger partial charge in [0, 0.05) is 0 Å². The van der Waals surface area contributed by atoms with Gasteiger partial charge in [-0.25, -0.2) is 4.79 Å². The zero-order chi connectivity index (χ0) is 8.91. The second-order valence-electron chi connectivity index (χ2n) is 2.73. The van der Waals surface area contributed by atoms with E-state index >= 15 is 0 Å². The third-order valence-corrected chi connectivity index (χ3v) is 5.91. The van der Waals surface area contributed by atoms with Gasteiger partial charge in [0.15, 0.2) is 0 Å². The van der Waals surface area contributed by atoms with E-state index in [0.717, 1.165) is 12.3 Å². The minimum absolute atomic E-state index is 0.0463. The molecule has 0 rings (SSSR count). The normalized spacial score (nSPS) is 11.3. The van der Waals surface area contributed by atoms with Crippen molar-refractivity contribution in [3.05, 3.63) is 0 Å². The molecular formula is C8H18O2P+. The molecule has 0 radical (unpaired) electrons. The van der Waals surface area contributed by atoms with E-state index in [1.807, 2.05) is 6.92 Å². The predicted molar refractivity (Wildman–Crippen MR) is 50.9 cm³/mol. The Morgan fingerprint density at radius 1 is 1.27 bits per heavy atom. The van der Waals surface area contributed by atoms with Gasteiger partial charge in [0.2, 0.25) is 0 Å². The van der Waals surface area contributed by atoms with Gasteiger partial charge in [-0.3, -0.25) is 0 Å². The molecule has 0 aliphatic heterocycles. The molecule has 66 valence electrons. The molecule has 0 aromatic rings. The SMILES string of the molecule is CCOC(=O)[P+](C)(CC)CC. The second kappa shape index (κ2) is 4.71. The summed E-state index contributed by atoms with van der Waals surface area (Å²) < 4.78 is 5.00. The lowest BCUT2D eigenvalue weighted by Gasteiger charge is -2.15. The Bertz CT molecular complexity index is 130. The highest BCUT2D eigenvalue weighted by Crippen LogP contribution is 2.55. The molecule has 0 saturated heterocycles. The lowest BCUT2D eigenvalue weighted by molar-refractivity contribution is 0.179. The summed E-state index contributed by atoms with van der Waals surface area (Å²) in [6.07, 6.45) is 1.92. The fraction of sp³-hybridized carbons (Fsp3) is 0.875.